The van der Waals surface area contributed by atoms with Gasteiger partial charge in [0.2, 0.25) is 5.91 Å². The summed E-state index contributed by atoms with van der Waals surface area (Å²) >= 11 is 1.39. The Kier molecular flexibility index (Phi) is 4.32. The van der Waals surface area contributed by atoms with Crippen molar-refractivity contribution in [1.29, 1.82) is 0 Å². The summed E-state index contributed by atoms with van der Waals surface area (Å²) in [5, 5.41) is 3.98. The van der Waals surface area contributed by atoms with Crippen molar-refractivity contribution in [3.05, 3.63) is 40.6 Å². The highest BCUT2D eigenvalue weighted by molar-refractivity contribution is 7.19. The van der Waals surface area contributed by atoms with Gasteiger partial charge in [0.25, 0.3) is 5.56 Å². The van der Waals surface area contributed by atoms with Crippen LogP contribution in [-0.4, -0.2) is 33.1 Å². The van der Waals surface area contributed by atoms with Crippen molar-refractivity contribution in [2.75, 3.05) is 11.9 Å². The van der Waals surface area contributed by atoms with Crippen LogP contribution in [0.4, 0.5) is 5.13 Å². The second kappa shape index (κ2) is 6.54. The number of H-pyrrole nitrogens is 1. The highest BCUT2D eigenvalue weighted by atomic mass is 32.1. The van der Waals surface area contributed by atoms with Crippen LogP contribution in [0.15, 0.2) is 29.2 Å². The second-order valence-electron chi connectivity index (χ2n) is 7.37. The minimum absolute atomic E-state index is 0.0659. The minimum atomic E-state index is -0.260. The van der Waals surface area contributed by atoms with Gasteiger partial charge in [-0.15, -0.1) is 0 Å². The van der Waals surface area contributed by atoms with Crippen molar-refractivity contribution in [3.63, 3.8) is 0 Å². The highest BCUT2D eigenvalue weighted by Crippen LogP contribution is 2.33. The van der Waals surface area contributed by atoms with Crippen molar-refractivity contribution in [1.82, 2.24) is 15.0 Å². The van der Waals surface area contributed by atoms with Gasteiger partial charge in [0.15, 0.2) is 5.13 Å². The van der Waals surface area contributed by atoms with E-state index in [-0.39, 0.29) is 23.0 Å². The molecule has 27 heavy (non-hydrogen) atoms. The molecule has 8 heteroatoms. The van der Waals surface area contributed by atoms with Crippen LogP contribution in [-0.2, 0) is 9.53 Å². The van der Waals surface area contributed by atoms with Crippen LogP contribution in [0.2, 0.25) is 0 Å². The molecular formula is C19H20N4O3S. The molecule has 3 heterocycles. The Morgan fingerprint density at radius 2 is 2.22 bits per heavy atom. The first-order valence-corrected chi connectivity index (χ1v) is 9.54. The molecule has 0 saturated carbocycles. The lowest BCUT2D eigenvalue weighted by molar-refractivity contribution is -0.119. The molecule has 7 nitrogen and oxygen atoms in total. The maximum atomic E-state index is 12.4. The molecule has 1 aliphatic heterocycles. The van der Waals surface area contributed by atoms with Crippen molar-refractivity contribution in [2.24, 2.45) is 5.92 Å². The van der Waals surface area contributed by atoms with Gasteiger partial charge in [-0.1, -0.05) is 17.4 Å². The Hall–Kier alpha value is -2.58. The van der Waals surface area contributed by atoms with Crippen LogP contribution in [0.3, 0.4) is 0 Å². The average Bonchev–Trinajstić information content (AvgIpc) is 3.20. The number of hydrogen-bond acceptors (Lipinski definition) is 6. The van der Waals surface area contributed by atoms with Gasteiger partial charge in [0, 0.05) is 6.20 Å². The largest absolute Gasteiger partial charge is 0.375 e. The number of aromatic nitrogens is 3. The van der Waals surface area contributed by atoms with E-state index in [1.807, 2.05) is 26.0 Å². The first-order chi connectivity index (χ1) is 12.8. The zero-order chi connectivity index (χ0) is 19.2. The van der Waals surface area contributed by atoms with Gasteiger partial charge in [0.05, 0.1) is 33.9 Å². The summed E-state index contributed by atoms with van der Waals surface area (Å²) in [5.41, 5.74) is 1.13. The second-order valence-corrected chi connectivity index (χ2v) is 8.40. The third-order valence-corrected chi connectivity index (χ3v) is 5.59. The average molecular weight is 384 g/mol. The number of nitrogens with zero attached hydrogens (tertiary/aromatic N) is 2. The molecule has 3 aromatic rings. The molecule has 1 amide bonds. The van der Waals surface area contributed by atoms with E-state index in [1.165, 1.54) is 11.3 Å². The lowest BCUT2D eigenvalue weighted by Crippen LogP contribution is -2.24. The van der Waals surface area contributed by atoms with Gasteiger partial charge in [-0.05, 0) is 44.9 Å². The summed E-state index contributed by atoms with van der Waals surface area (Å²) in [6.07, 6.45) is 2.41. The minimum Gasteiger partial charge on any atom is -0.375 e. The molecule has 2 aromatic heterocycles. The SMILES string of the molecule is Cc1nc2cc(-c3cnc(NC(=O)C4COC(C)(C)C4)s3)ccc2c(=O)[nH]1. The van der Waals surface area contributed by atoms with Gasteiger partial charge in [-0.2, -0.15) is 0 Å². The number of carbonyl (C=O) groups excluding carboxylic acids is 1. The molecule has 1 fully saturated rings. The zero-order valence-corrected chi connectivity index (χ0v) is 16.1. The molecule has 1 unspecified atom stereocenters. The molecular weight excluding hydrogens is 364 g/mol. The first-order valence-electron chi connectivity index (χ1n) is 8.72. The van der Waals surface area contributed by atoms with Gasteiger partial charge < -0.3 is 15.0 Å². The maximum Gasteiger partial charge on any atom is 0.258 e. The fourth-order valence-electron chi connectivity index (χ4n) is 3.29. The van der Waals surface area contributed by atoms with Crippen LogP contribution in [0.5, 0.6) is 0 Å². The predicted octanol–water partition coefficient (Wildman–Crippen LogP) is 3.11. The predicted molar refractivity (Wildman–Crippen MR) is 105 cm³/mol. The molecule has 4 rings (SSSR count). The van der Waals surface area contributed by atoms with Gasteiger partial charge >= 0.3 is 0 Å². The molecule has 1 aromatic carbocycles. The molecule has 140 valence electrons. The fraction of sp³-hybridized carbons (Fsp3) is 0.368. The van der Waals surface area contributed by atoms with E-state index < -0.39 is 0 Å². The quantitative estimate of drug-likeness (QED) is 0.723. The molecule has 1 aliphatic rings. The van der Waals surface area contributed by atoms with E-state index in [9.17, 15) is 9.59 Å². The number of nitrogens with one attached hydrogen (secondary N) is 2. The number of carbonyl (C=O) groups is 1. The fourth-order valence-corrected chi connectivity index (χ4v) is 4.10. The van der Waals surface area contributed by atoms with E-state index in [0.717, 1.165) is 10.4 Å². The van der Waals surface area contributed by atoms with E-state index in [2.05, 4.69) is 20.3 Å². The summed E-state index contributed by atoms with van der Waals surface area (Å²) in [6.45, 7) is 6.16. The standard InChI is InChI=1S/C19H20N4O3S/c1-10-21-14-6-11(4-5-13(14)17(25)22-10)15-8-20-18(27-15)23-16(24)12-7-19(2,3)26-9-12/h4-6,8,12H,7,9H2,1-3H3,(H,20,23,24)(H,21,22,25). The van der Waals surface area contributed by atoms with E-state index >= 15 is 0 Å². The number of rotatable bonds is 3. The van der Waals surface area contributed by atoms with Gasteiger partial charge in [0.1, 0.15) is 5.82 Å². The van der Waals surface area contributed by atoms with Crippen molar-refractivity contribution in [2.45, 2.75) is 32.8 Å². The third kappa shape index (κ3) is 3.63. The van der Waals surface area contributed by atoms with Gasteiger partial charge in [-0.25, -0.2) is 9.97 Å². The smallest absolute Gasteiger partial charge is 0.258 e. The number of amides is 1. The Labute approximate surface area is 159 Å². The van der Waals surface area contributed by atoms with Gasteiger partial charge in [-0.3, -0.25) is 9.59 Å². The summed E-state index contributed by atoms with van der Waals surface area (Å²) < 4.78 is 5.63. The summed E-state index contributed by atoms with van der Waals surface area (Å²) in [7, 11) is 0. The Morgan fingerprint density at radius 1 is 1.41 bits per heavy atom. The Bertz CT molecular complexity index is 1090. The number of benzene rings is 1. The molecule has 0 bridgehead atoms. The first kappa shape index (κ1) is 17.8. The van der Waals surface area contributed by atoms with Crippen LogP contribution in [0, 0.1) is 12.8 Å². The number of anilines is 1. The van der Waals surface area contributed by atoms with Crippen LogP contribution in [0.25, 0.3) is 21.3 Å². The summed E-state index contributed by atoms with van der Waals surface area (Å²) in [4.78, 5) is 36.7. The molecule has 0 radical (unpaired) electrons. The lowest BCUT2D eigenvalue weighted by Gasteiger charge is -2.15. The number of aromatic amines is 1. The number of fused-ring (bicyclic) bond motifs is 1. The molecule has 0 spiro atoms. The maximum absolute atomic E-state index is 12.4. The molecule has 2 N–H and O–H groups in total. The summed E-state index contributed by atoms with van der Waals surface area (Å²) in [6, 6.07) is 5.48. The van der Waals surface area contributed by atoms with Crippen molar-refractivity contribution < 1.29 is 9.53 Å². The Balaban J connectivity index is 1.55. The van der Waals surface area contributed by atoms with Crippen LogP contribution >= 0.6 is 11.3 Å². The van der Waals surface area contributed by atoms with Crippen LogP contribution < -0.4 is 10.9 Å². The topological polar surface area (TPSA) is 97.0 Å². The van der Waals surface area contributed by atoms with E-state index in [0.29, 0.717) is 34.9 Å². The number of hydrogen-bond donors (Lipinski definition) is 2. The number of ether oxygens (including phenoxy) is 1. The summed E-state index contributed by atoms with van der Waals surface area (Å²) in [5.74, 6) is 0.347. The third-order valence-electron chi connectivity index (χ3n) is 4.63. The molecule has 1 atom stereocenters. The number of aryl methyl sites for hydroxylation is 1. The highest BCUT2D eigenvalue weighted by Gasteiger charge is 2.36. The van der Waals surface area contributed by atoms with Crippen molar-refractivity contribution in [3.8, 4) is 10.4 Å². The number of thiazole rings is 1. The van der Waals surface area contributed by atoms with E-state index in [4.69, 9.17) is 4.74 Å². The zero-order valence-electron chi connectivity index (χ0n) is 15.3. The van der Waals surface area contributed by atoms with Crippen LogP contribution in [0.1, 0.15) is 26.1 Å². The molecule has 1 saturated heterocycles. The lowest BCUT2D eigenvalue weighted by atomic mass is 9.97. The normalized spacial score (nSPS) is 18.7. The Morgan fingerprint density at radius 3 is 2.96 bits per heavy atom. The monoisotopic (exact) mass is 384 g/mol. The van der Waals surface area contributed by atoms with E-state index in [1.54, 1.807) is 19.2 Å². The van der Waals surface area contributed by atoms with Crippen molar-refractivity contribution >= 4 is 33.3 Å². The molecule has 0 aliphatic carbocycles.